The molecule has 22 nitrogen and oxygen atoms in total. The number of hydrogen-bond acceptors (Lipinski definition) is 16. The van der Waals surface area contributed by atoms with Gasteiger partial charge in [-0.25, -0.2) is 45.5 Å². The van der Waals surface area contributed by atoms with Crippen molar-refractivity contribution in [2.24, 2.45) is 0 Å². The monoisotopic (exact) mass is 860 g/mol. The van der Waals surface area contributed by atoms with Crippen LogP contribution >= 0.6 is 22.6 Å². The summed E-state index contributed by atoms with van der Waals surface area (Å²) in [4.78, 5) is 67.9. The zero-order chi connectivity index (χ0) is 38.1. The van der Waals surface area contributed by atoms with E-state index in [0.717, 1.165) is 24.3 Å². The molecule has 51 heavy (non-hydrogen) atoms. The number of urea groups is 2. The number of methoxy groups -OCH3 is 2. The molecule has 0 aliphatic rings. The highest BCUT2D eigenvalue weighted by molar-refractivity contribution is 14.1. The van der Waals surface area contributed by atoms with Gasteiger partial charge in [-0.05, 0) is 66.8 Å². The summed E-state index contributed by atoms with van der Waals surface area (Å²) in [5.41, 5.74) is -0.941. The summed E-state index contributed by atoms with van der Waals surface area (Å²) in [5, 5.41) is 22.4. The number of carbonyl (C=O) groups is 4. The van der Waals surface area contributed by atoms with Gasteiger partial charge in [-0.2, -0.15) is 29.9 Å². The smallest absolute Gasteiger partial charge is 0.337 e. The number of aromatic nitrogens is 6. The summed E-state index contributed by atoms with van der Waals surface area (Å²) < 4.78 is 62.8. The number of aromatic carboxylic acids is 2. The van der Waals surface area contributed by atoms with Crippen LogP contribution in [-0.2, 0) is 20.0 Å². The number of carbonyl (C=O) groups excluding carboxylic acids is 2. The lowest BCUT2D eigenvalue weighted by molar-refractivity contribution is 0.0682. The van der Waals surface area contributed by atoms with E-state index in [4.69, 9.17) is 19.7 Å². The fraction of sp³-hybridized carbons (Fsp3) is 0.154. The number of nitrogens with zero attached hydrogens (tertiary/aromatic N) is 6. The highest BCUT2D eigenvalue weighted by atomic mass is 127. The van der Waals surface area contributed by atoms with Crippen molar-refractivity contribution in [3.05, 3.63) is 68.8 Å². The van der Waals surface area contributed by atoms with E-state index >= 15 is 0 Å². The first-order valence-electron chi connectivity index (χ1n) is 13.4. The number of halogens is 1. The molecule has 0 atom stereocenters. The molecule has 4 amide bonds. The predicted octanol–water partition coefficient (Wildman–Crippen LogP) is 1.40. The van der Waals surface area contributed by atoms with Gasteiger partial charge in [0.05, 0.1) is 25.3 Å². The Balaban J connectivity index is 0.000000276. The minimum absolute atomic E-state index is 0.0677. The fourth-order valence-electron chi connectivity index (χ4n) is 3.59. The lowest BCUT2D eigenvalue weighted by atomic mass is 10.2. The fourth-order valence-corrected chi connectivity index (χ4v) is 6.53. The standard InChI is InChI=1S/C13H12IN5O6S.C13H13N5O6S/c1-6-15-11(18-13(16-6)25-2)17-12(22)19-26(23,24)9-5-7(14)3-4-8(9)10(20)21;1-7-14-11(17-13(15-7)24-2)16-12(21)18-25(22,23)9-6-4-3-5-8(9)10(19)20/h3-5H,1-2H3,(H,20,21)(H2,15,16,17,18,19,22);3-6H,1-2H3,(H,19,20)(H2,14,15,16,17,18,21). The maximum atomic E-state index is 12.4. The molecule has 2 aromatic heterocycles. The Labute approximate surface area is 301 Å². The van der Waals surface area contributed by atoms with Gasteiger partial charge < -0.3 is 19.7 Å². The SMILES string of the molecule is COc1nc(C)nc(NC(=O)NS(=O)(=O)c2cc(I)ccc2C(=O)O)n1.COc1nc(C)nc(NC(=O)NS(=O)(=O)c2ccccc2C(=O)O)n1. The average molecular weight is 861 g/mol. The molecule has 2 heterocycles. The molecular weight excluding hydrogens is 835 g/mol. The minimum atomic E-state index is -4.45. The number of nitrogens with one attached hydrogen (secondary N) is 4. The van der Waals surface area contributed by atoms with Crippen LogP contribution in [-0.4, -0.2) is 95.2 Å². The second kappa shape index (κ2) is 16.7. The molecule has 6 N–H and O–H groups in total. The molecule has 4 aromatic rings. The topological polar surface area (TPSA) is 321 Å². The van der Waals surface area contributed by atoms with E-state index in [9.17, 15) is 36.0 Å². The molecule has 0 saturated heterocycles. The Hall–Kier alpha value is -5.83. The third-order valence-electron chi connectivity index (χ3n) is 5.59. The van der Waals surface area contributed by atoms with Crippen molar-refractivity contribution >= 4 is 78.5 Å². The number of sulfonamides is 2. The minimum Gasteiger partial charge on any atom is -0.478 e. The van der Waals surface area contributed by atoms with E-state index in [-0.39, 0.29) is 35.6 Å². The first-order valence-corrected chi connectivity index (χ1v) is 17.5. The Morgan fingerprint density at radius 3 is 1.53 bits per heavy atom. The van der Waals surface area contributed by atoms with Crippen LogP contribution in [0.25, 0.3) is 0 Å². The van der Waals surface area contributed by atoms with E-state index in [1.165, 1.54) is 46.3 Å². The van der Waals surface area contributed by atoms with Gasteiger partial charge in [0.2, 0.25) is 11.9 Å². The molecule has 4 rings (SSSR count). The molecule has 0 bridgehead atoms. The second-order valence-electron chi connectivity index (χ2n) is 9.25. The van der Waals surface area contributed by atoms with Gasteiger partial charge in [-0.3, -0.25) is 10.6 Å². The highest BCUT2D eigenvalue weighted by Gasteiger charge is 2.26. The summed E-state index contributed by atoms with van der Waals surface area (Å²) in [6.45, 7) is 3.04. The molecule has 0 saturated carbocycles. The number of amides is 4. The molecule has 25 heteroatoms. The Kier molecular flexibility index (Phi) is 13.0. The molecule has 0 unspecified atom stereocenters. The molecule has 0 fully saturated rings. The summed E-state index contributed by atoms with van der Waals surface area (Å²) in [6.07, 6.45) is 0. The lowest BCUT2D eigenvalue weighted by Crippen LogP contribution is -2.35. The average Bonchev–Trinajstić information content (AvgIpc) is 3.03. The number of carboxylic acids is 2. The number of carboxylic acid groups (broad SMARTS) is 2. The van der Waals surface area contributed by atoms with Crippen LogP contribution in [0.2, 0.25) is 0 Å². The number of hydrogen-bond donors (Lipinski definition) is 6. The largest absolute Gasteiger partial charge is 0.478 e. The third-order valence-corrected chi connectivity index (χ3v) is 9.02. The first kappa shape index (κ1) is 39.6. The van der Waals surface area contributed by atoms with Crippen LogP contribution in [0.5, 0.6) is 12.0 Å². The van der Waals surface area contributed by atoms with Gasteiger partial charge in [0.15, 0.2) is 0 Å². The maximum absolute atomic E-state index is 12.4. The van der Waals surface area contributed by atoms with Crippen molar-refractivity contribution in [2.45, 2.75) is 23.6 Å². The van der Waals surface area contributed by atoms with Gasteiger partial charge in [0.1, 0.15) is 21.4 Å². The summed E-state index contributed by atoms with van der Waals surface area (Å²) in [6, 6.07) is 6.09. The van der Waals surface area contributed by atoms with Crippen molar-refractivity contribution < 1.29 is 55.7 Å². The number of aryl methyl sites for hydroxylation is 2. The zero-order valence-electron chi connectivity index (χ0n) is 26.4. The van der Waals surface area contributed by atoms with Gasteiger partial charge in [-0.15, -0.1) is 0 Å². The molecule has 0 radical (unpaired) electrons. The number of rotatable bonds is 10. The van der Waals surface area contributed by atoms with Crippen LogP contribution < -0.4 is 29.6 Å². The van der Waals surface area contributed by atoms with Crippen molar-refractivity contribution in [1.29, 1.82) is 0 Å². The number of ether oxygens (including phenoxy) is 2. The number of benzene rings is 2. The molecule has 270 valence electrons. The van der Waals surface area contributed by atoms with E-state index in [0.29, 0.717) is 3.57 Å². The van der Waals surface area contributed by atoms with Crippen LogP contribution in [0.3, 0.4) is 0 Å². The molecular formula is C26H25IN10O12S2. The molecule has 0 aliphatic carbocycles. The van der Waals surface area contributed by atoms with Gasteiger partial charge in [0, 0.05) is 3.57 Å². The Morgan fingerprint density at radius 1 is 0.647 bits per heavy atom. The highest BCUT2D eigenvalue weighted by Crippen LogP contribution is 2.20. The summed E-state index contributed by atoms with van der Waals surface area (Å²) in [7, 11) is -6.26. The van der Waals surface area contributed by atoms with Crippen LogP contribution in [0, 0.1) is 17.4 Å². The molecule has 0 aliphatic heterocycles. The van der Waals surface area contributed by atoms with Crippen LogP contribution in [0.1, 0.15) is 32.4 Å². The Bertz CT molecular complexity index is 2220. The van der Waals surface area contributed by atoms with Crippen LogP contribution in [0.4, 0.5) is 21.5 Å². The van der Waals surface area contributed by atoms with Crippen molar-refractivity contribution in [3.63, 3.8) is 0 Å². The van der Waals surface area contributed by atoms with E-state index in [1.54, 1.807) is 9.44 Å². The van der Waals surface area contributed by atoms with Crippen molar-refractivity contribution in [3.8, 4) is 12.0 Å². The Morgan fingerprint density at radius 2 is 1.08 bits per heavy atom. The van der Waals surface area contributed by atoms with Gasteiger partial charge >= 0.3 is 36.0 Å². The van der Waals surface area contributed by atoms with E-state index in [1.807, 2.05) is 22.6 Å². The zero-order valence-corrected chi connectivity index (χ0v) is 30.2. The first-order chi connectivity index (χ1) is 23.8. The third kappa shape index (κ3) is 11.1. The quantitative estimate of drug-likeness (QED) is 0.123. The van der Waals surface area contributed by atoms with Crippen LogP contribution in [0.15, 0.2) is 52.3 Å². The van der Waals surface area contributed by atoms with E-state index in [2.05, 4.69) is 40.5 Å². The second-order valence-corrected chi connectivity index (χ2v) is 13.8. The van der Waals surface area contributed by atoms with Gasteiger partial charge in [-0.1, -0.05) is 12.1 Å². The van der Waals surface area contributed by atoms with Crippen molar-refractivity contribution in [2.75, 3.05) is 24.9 Å². The van der Waals surface area contributed by atoms with Gasteiger partial charge in [0.25, 0.3) is 20.0 Å². The predicted molar refractivity (Wildman–Crippen MR) is 180 cm³/mol. The normalized spacial score (nSPS) is 10.8. The number of anilines is 2. The lowest BCUT2D eigenvalue weighted by Gasteiger charge is -2.10. The molecule has 2 aromatic carbocycles. The summed E-state index contributed by atoms with van der Waals surface area (Å²) in [5.74, 6) is -2.88. The molecule has 0 spiro atoms. The van der Waals surface area contributed by atoms with Crippen molar-refractivity contribution in [1.82, 2.24) is 39.3 Å². The van der Waals surface area contributed by atoms with E-state index < -0.39 is 65.0 Å². The summed E-state index contributed by atoms with van der Waals surface area (Å²) >= 11 is 1.82. The maximum Gasteiger partial charge on any atom is 0.337 e.